The van der Waals surface area contributed by atoms with Gasteiger partial charge in [-0.3, -0.25) is 9.13 Å². The van der Waals surface area contributed by atoms with E-state index in [4.69, 9.17) is 14.5 Å². The molecule has 156 valence electrons. The van der Waals surface area contributed by atoms with Crippen LogP contribution >= 0.6 is 0 Å². The number of nitrogens with zero attached hydrogens (tertiary/aromatic N) is 3. The van der Waals surface area contributed by atoms with Crippen LogP contribution in [0.5, 0.6) is 11.5 Å². The van der Waals surface area contributed by atoms with Crippen LogP contribution in [0.15, 0.2) is 40.1 Å². The molecule has 1 aliphatic rings. The molecule has 6 nitrogen and oxygen atoms in total. The molecule has 1 unspecified atom stereocenters. The van der Waals surface area contributed by atoms with Crippen LogP contribution in [0.2, 0.25) is 0 Å². The first-order chi connectivity index (χ1) is 14.3. The predicted octanol–water partition coefficient (Wildman–Crippen LogP) is 3.95. The fourth-order valence-electron chi connectivity index (χ4n) is 4.40. The highest BCUT2D eigenvalue weighted by atomic mass is 16.5. The maximum Gasteiger partial charge on any atom is 0.330 e. The quantitative estimate of drug-likeness (QED) is 0.663. The van der Waals surface area contributed by atoms with E-state index in [1.165, 1.54) is 5.56 Å². The Bertz CT molecular complexity index is 1280. The van der Waals surface area contributed by atoms with Gasteiger partial charge in [0, 0.05) is 18.7 Å². The Hall–Kier alpha value is -3.28. The normalized spacial score (nSPS) is 15.2. The van der Waals surface area contributed by atoms with Crippen molar-refractivity contribution < 1.29 is 9.47 Å². The van der Waals surface area contributed by atoms with Crippen LogP contribution in [-0.2, 0) is 7.05 Å². The van der Waals surface area contributed by atoms with Crippen molar-refractivity contribution in [2.24, 2.45) is 12.0 Å². The number of aromatic nitrogens is 2. The number of hydrogen-bond donors (Lipinski definition) is 0. The van der Waals surface area contributed by atoms with Crippen LogP contribution in [0, 0.1) is 20.8 Å². The lowest BCUT2D eigenvalue weighted by Crippen LogP contribution is -2.38. The van der Waals surface area contributed by atoms with Crippen LogP contribution in [0.4, 0.5) is 5.69 Å². The van der Waals surface area contributed by atoms with Gasteiger partial charge in [-0.05, 0) is 56.5 Å². The number of methoxy groups -OCH3 is 2. The van der Waals surface area contributed by atoms with Crippen molar-refractivity contribution in [3.05, 3.63) is 68.6 Å². The molecule has 0 spiro atoms. The molecule has 30 heavy (non-hydrogen) atoms. The van der Waals surface area contributed by atoms with Crippen molar-refractivity contribution in [2.75, 3.05) is 14.2 Å². The molecule has 0 amide bonds. The zero-order chi connectivity index (χ0) is 21.7. The maximum absolute atomic E-state index is 13.3. The number of benzene rings is 2. The Labute approximate surface area is 176 Å². The SMILES string of the molecule is COc1cc2c(cc1OC)C(C)n1c-2cc(=Nc2c(C)cc(C)cc2C)n(C)c1=O. The van der Waals surface area contributed by atoms with E-state index < -0.39 is 0 Å². The minimum Gasteiger partial charge on any atom is -0.493 e. The average molecular weight is 405 g/mol. The molecule has 0 bridgehead atoms. The van der Waals surface area contributed by atoms with E-state index in [0.717, 1.165) is 33.6 Å². The molecule has 2 aromatic carbocycles. The highest BCUT2D eigenvalue weighted by Gasteiger charge is 2.29. The summed E-state index contributed by atoms with van der Waals surface area (Å²) < 4.78 is 14.4. The summed E-state index contributed by atoms with van der Waals surface area (Å²) in [6.07, 6.45) is 0. The molecule has 3 aromatic rings. The summed E-state index contributed by atoms with van der Waals surface area (Å²) in [5, 5.41) is 0. The second-order valence-electron chi connectivity index (χ2n) is 7.93. The van der Waals surface area contributed by atoms with Gasteiger partial charge < -0.3 is 9.47 Å². The number of rotatable bonds is 3. The number of ether oxygens (including phenoxy) is 2. The topological polar surface area (TPSA) is 57.8 Å². The first kappa shape index (κ1) is 20.0. The average Bonchev–Trinajstić information content (AvgIpc) is 2.98. The Morgan fingerprint density at radius 2 is 1.53 bits per heavy atom. The van der Waals surface area contributed by atoms with E-state index >= 15 is 0 Å². The van der Waals surface area contributed by atoms with Gasteiger partial charge in [0.05, 0.1) is 31.6 Å². The Kier molecular flexibility index (Phi) is 4.80. The lowest BCUT2D eigenvalue weighted by molar-refractivity contribution is 0.354. The minimum atomic E-state index is -0.106. The number of fused-ring (bicyclic) bond motifs is 3. The first-order valence-corrected chi connectivity index (χ1v) is 9.98. The lowest BCUT2D eigenvalue weighted by Gasteiger charge is -2.13. The summed E-state index contributed by atoms with van der Waals surface area (Å²) in [5.74, 6) is 1.30. The molecule has 0 radical (unpaired) electrons. The van der Waals surface area contributed by atoms with Gasteiger partial charge in [-0.1, -0.05) is 17.7 Å². The van der Waals surface area contributed by atoms with Gasteiger partial charge in [0.25, 0.3) is 0 Å². The minimum absolute atomic E-state index is 0.102. The molecular weight excluding hydrogens is 378 g/mol. The zero-order valence-corrected chi connectivity index (χ0v) is 18.5. The van der Waals surface area contributed by atoms with Gasteiger partial charge in [-0.2, -0.15) is 0 Å². The van der Waals surface area contributed by atoms with Crippen molar-refractivity contribution >= 4 is 5.69 Å². The van der Waals surface area contributed by atoms with E-state index in [9.17, 15) is 4.79 Å². The lowest BCUT2D eigenvalue weighted by atomic mass is 10.0. The summed E-state index contributed by atoms with van der Waals surface area (Å²) in [5.41, 5.74) is 7.64. The monoisotopic (exact) mass is 405 g/mol. The van der Waals surface area contributed by atoms with E-state index in [0.29, 0.717) is 17.0 Å². The van der Waals surface area contributed by atoms with E-state index in [-0.39, 0.29) is 11.7 Å². The molecule has 0 fully saturated rings. The molecule has 2 heterocycles. The largest absolute Gasteiger partial charge is 0.493 e. The molecule has 0 aliphatic carbocycles. The third kappa shape index (κ3) is 2.95. The number of aryl methyl sites for hydroxylation is 3. The van der Waals surface area contributed by atoms with Crippen LogP contribution in [-0.4, -0.2) is 23.4 Å². The third-order valence-electron chi connectivity index (χ3n) is 5.89. The maximum atomic E-state index is 13.3. The molecule has 0 saturated heterocycles. The van der Waals surface area contributed by atoms with Crippen LogP contribution in [0.3, 0.4) is 0 Å². The molecule has 6 heteroatoms. The molecule has 1 aliphatic heterocycles. The molecule has 0 N–H and O–H groups in total. The van der Waals surface area contributed by atoms with Crippen LogP contribution in [0.25, 0.3) is 11.3 Å². The van der Waals surface area contributed by atoms with Crippen LogP contribution < -0.4 is 20.7 Å². The highest BCUT2D eigenvalue weighted by Crippen LogP contribution is 2.43. The van der Waals surface area contributed by atoms with Gasteiger partial charge in [0.1, 0.15) is 5.49 Å². The van der Waals surface area contributed by atoms with Gasteiger partial charge >= 0.3 is 5.69 Å². The summed E-state index contributed by atoms with van der Waals surface area (Å²) in [6.45, 7) is 8.19. The fourth-order valence-corrected chi connectivity index (χ4v) is 4.40. The molecule has 4 rings (SSSR count). The third-order valence-corrected chi connectivity index (χ3v) is 5.89. The van der Waals surface area contributed by atoms with Crippen LogP contribution in [0.1, 0.15) is 35.2 Å². The highest BCUT2D eigenvalue weighted by molar-refractivity contribution is 5.73. The molecule has 1 aromatic heterocycles. The first-order valence-electron chi connectivity index (χ1n) is 9.98. The van der Waals surface area contributed by atoms with Gasteiger partial charge in [0.15, 0.2) is 11.5 Å². The van der Waals surface area contributed by atoms with Gasteiger partial charge in [-0.25, -0.2) is 9.79 Å². The molecule has 1 atom stereocenters. The Morgan fingerprint density at radius 3 is 2.13 bits per heavy atom. The summed E-state index contributed by atoms with van der Waals surface area (Å²) in [7, 11) is 5.00. The van der Waals surface area contributed by atoms with Crippen molar-refractivity contribution in [3.63, 3.8) is 0 Å². The fraction of sp³-hybridized carbons (Fsp3) is 0.333. The van der Waals surface area contributed by atoms with E-state index in [2.05, 4.69) is 19.1 Å². The van der Waals surface area contributed by atoms with Crippen molar-refractivity contribution in [1.82, 2.24) is 9.13 Å². The Balaban J connectivity index is 2.02. The summed E-state index contributed by atoms with van der Waals surface area (Å²) in [6, 6.07) is 9.99. The summed E-state index contributed by atoms with van der Waals surface area (Å²) >= 11 is 0. The second kappa shape index (κ2) is 7.20. The van der Waals surface area contributed by atoms with Crippen molar-refractivity contribution in [3.8, 4) is 22.8 Å². The standard InChI is InChI=1S/C24H27N3O3/c1-13-8-14(2)23(15(3)9-13)25-22-12-19-18-11-21(30-7)20(29-6)10-17(18)16(4)27(19)24(28)26(22)5/h8-12,16H,1-7H3. The van der Waals surface area contributed by atoms with Crippen molar-refractivity contribution in [2.45, 2.75) is 33.7 Å². The molecule has 0 saturated carbocycles. The summed E-state index contributed by atoms with van der Waals surface area (Å²) in [4.78, 5) is 18.2. The van der Waals surface area contributed by atoms with Crippen molar-refractivity contribution in [1.29, 1.82) is 0 Å². The van der Waals surface area contributed by atoms with E-state index in [1.54, 1.807) is 30.4 Å². The van der Waals surface area contributed by atoms with Gasteiger partial charge in [-0.15, -0.1) is 0 Å². The zero-order valence-electron chi connectivity index (χ0n) is 18.5. The predicted molar refractivity (Wildman–Crippen MR) is 118 cm³/mol. The smallest absolute Gasteiger partial charge is 0.330 e. The second-order valence-corrected chi connectivity index (χ2v) is 7.93. The molecular formula is C24H27N3O3. The van der Waals surface area contributed by atoms with E-state index in [1.807, 2.05) is 39.0 Å². The number of hydrogen-bond acceptors (Lipinski definition) is 4. The Morgan fingerprint density at radius 1 is 0.933 bits per heavy atom. The van der Waals surface area contributed by atoms with Gasteiger partial charge in [0.2, 0.25) is 0 Å².